The second kappa shape index (κ2) is 2.54. The number of imidazole rings is 1. The smallest absolute Gasteiger partial charge is 0.149 e. The molecule has 72 valence electrons. The van der Waals surface area contributed by atoms with Gasteiger partial charge in [0.2, 0.25) is 0 Å². The number of halogens is 1. The Kier molecular flexibility index (Phi) is 1.44. The third kappa shape index (κ3) is 0.915. The van der Waals surface area contributed by atoms with Crippen LogP contribution < -0.4 is 5.73 Å². The zero-order chi connectivity index (χ0) is 9.71. The van der Waals surface area contributed by atoms with Crippen LogP contribution in [0.25, 0.3) is 11.0 Å². The molecule has 1 aromatic heterocycles. The topological polar surface area (TPSA) is 43.8 Å². The normalized spacial score (nSPS) is 20.3. The third-order valence-electron chi connectivity index (χ3n) is 2.66. The van der Waals surface area contributed by atoms with Gasteiger partial charge in [0.25, 0.3) is 0 Å². The molecule has 1 aromatic carbocycles. The monoisotopic (exact) mass is 191 g/mol. The molecule has 2 aromatic rings. The summed E-state index contributed by atoms with van der Waals surface area (Å²) >= 11 is 0. The quantitative estimate of drug-likeness (QED) is 0.676. The van der Waals surface area contributed by atoms with Crippen molar-refractivity contribution in [3.63, 3.8) is 0 Å². The number of nitrogens with two attached hydrogens (primary N) is 1. The van der Waals surface area contributed by atoms with E-state index in [4.69, 9.17) is 5.73 Å². The van der Waals surface area contributed by atoms with Gasteiger partial charge in [-0.2, -0.15) is 0 Å². The molecule has 3 rings (SSSR count). The summed E-state index contributed by atoms with van der Waals surface area (Å²) in [6, 6.07) is 5.05. The van der Waals surface area contributed by atoms with Gasteiger partial charge in [-0.25, -0.2) is 9.37 Å². The first-order valence-corrected chi connectivity index (χ1v) is 4.65. The fourth-order valence-corrected chi connectivity index (χ4v) is 2.08. The van der Waals surface area contributed by atoms with E-state index in [1.54, 1.807) is 6.07 Å². The van der Waals surface area contributed by atoms with Crippen LogP contribution in [0.3, 0.4) is 0 Å². The van der Waals surface area contributed by atoms with E-state index in [9.17, 15) is 4.39 Å². The average Bonchev–Trinajstić information content (AvgIpc) is 2.60. The van der Waals surface area contributed by atoms with E-state index in [2.05, 4.69) is 4.98 Å². The maximum absolute atomic E-state index is 13.5. The first kappa shape index (κ1) is 7.94. The summed E-state index contributed by atoms with van der Waals surface area (Å²) < 4.78 is 15.4. The molecule has 0 fully saturated rings. The summed E-state index contributed by atoms with van der Waals surface area (Å²) in [5.41, 5.74) is 7.11. The van der Waals surface area contributed by atoms with Crippen molar-refractivity contribution in [3.8, 4) is 0 Å². The molecule has 0 aliphatic carbocycles. The van der Waals surface area contributed by atoms with Crippen LogP contribution >= 0.6 is 0 Å². The molecule has 0 saturated carbocycles. The number of hydrogen-bond donors (Lipinski definition) is 1. The van der Waals surface area contributed by atoms with E-state index in [1.807, 2.05) is 10.6 Å². The lowest BCUT2D eigenvalue weighted by Gasteiger charge is -2.01. The van der Waals surface area contributed by atoms with Crippen LogP contribution in [-0.2, 0) is 13.0 Å². The minimum absolute atomic E-state index is 0.0847. The molecule has 2 heterocycles. The molecular weight excluding hydrogens is 181 g/mol. The maximum Gasteiger partial charge on any atom is 0.149 e. The number of benzene rings is 1. The molecule has 0 spiro atoms. The number of hydrogen-bond acceptors (Lipinski definition) is 2. The highest BCUT2D eigenvalue weighted by molar-refractivity contribution is 5.77. The van der Waals surface area contributed by atoms with Crippen molar-refractivity contribution in [3.05, 3.63) is 29.8 Å². The van der Waals surface area contributed by atoms with Crippen molar-refractivity contribution >= 4 is 11.0 Å². The van der Waals surface area contributed by atoms with Crippen LogP contribution in [0.2, 0.25) is 0 Å². The highest BCUT2D eigenvalue weighted by Gasteiger charge is 2.23. The van der Waals surface area contributed by atoms with E-state index in [1.165, 1.54) is 6.07 Å². The van der Waals surface area contributed by atoms with Gasteiger partial charge in [-0.3, -0.25) is 0 Å². The van der Waals surface area contributed by atoms with Gasteiger partial charge >= 0.3 is 0 Å². The second-order valence-corrected chi connectivity index (χ2v) is 3.71. The van der Waals surface area contributed by atoms with Gasteiger partial charge in [0.05, 0.1) is 5.52 Å². The molecule has 0 saturated heterocycles. The summed E-state index contributed by atoms with van der Waals surface area (Å²) in [5.74, 6) is 0.688. The van der Waals surface area contributed by atoms with Crippen molar-refractivity contribution in [2.75, 3.05) is 0 Å². The zero-order valence-corrected chi connectivity index (χ0v) is 7.57. The number of aromatic nitrogens is 2. The Labute approximate surface area is 80.3 Å². The number of rotatable bonds is 0. The Hall–Kier alpha value is -1.42. The highest BCUT2D eigenvalue weighted by atomic mass is 19.1. The summed E-state index contributed by atoms with van der Waals surface area (Å²) in [7, 11) is 0. The molecule has 2 N–H and O–H groups in total. The second-order valence-electron chi connectivity index (χ2n) is 3.71. The molecule has 1 atom stereocenters. The molecule has 0 bridgehead atoms. The average molecular weight is 191 g/mol. The van der Waals surface area contributed by atoms with Crippen LogP contribution in [0.15, 0.2) is 18.2 Å². The van der Waals surface area contributed by atoms with Gasteiger partial charge < -0.3 is 10.3 Å². The van der Waals surface area contributed by atoms with E-state index in [-0.39, 0.29) is 11.9 Å². The fraction of sp³-hybridized carbons (Fsp3) is 0.300. The number of nitrogens with zero attached hydrogens (tertiary/aromatic N) is 2. The minimum Gasteiger partial charge on any atom is -0.326 e. The zero-order valence-electron chi connectivity index (χ0n) is 7.57. The van der Waals surface area contributed by atoms with Crippen LogP contribution in [0.1, 0.15) is 5.82 Å². The van der Waals surface area contributed by atoms with Gasteiger partial charge in [0, 0.05) is 19.0 Å². The maximum atomic E-state index is 13.5. The van der Waals surface area contributed by atoms with Gasteiger partial charge in [-0.05, 0) is 12.1 Å². The predicted molar refractivity (Wildman–Crippen MR) is 51.4 cm³/mol. The molecular formula is C10H10FN3. The van der Waals surface area contributed by atoms with Gasteiger partial charge in [0.15, 0.2) is 0 Å². The predicted octanol–water partition coefficient (Wildman–Crippen LogP) is 1.06. The number of para-hydroxylation sites is 1. The van der Waals surface area contributed by atoms with E-state index in [0.29, 0.717) is 12.1 Å². The first-order chi connectivity index (χ1) is 6.75. The Bertz CT molecular complexity index is 503. The van der Waals surface area contributed by atoms with Gasteiger partial charge in [0.1, 0.15) is 17.2 Å². The molecule has 4 heteroatoms. The first-order valence-electron chi connectivity index (χ1n) is 4.65. The van der Waals surface area contributed by atoms with Gasteiger partial charge in [-0.15, -0.1) is 0 Å². The lowest BCUT2D eigenvalue weighted by Crippen LogP contribution is -2.20. The molecule has 0 amide bonds. The Morgan fingerprint density at radius 3 is 3.21 bits per heavy atom. The lowest BCUT2D eigenvalue weighted by molar-refractivity contribution is 0.613. The number of fused-ring (bicyclic) bond motifs is 3. The summed E-state index contributed by atoms with van der Waals surface area (Å²) in [6.45, 7) is 0.673. The van der Waals surface area contributed by atoms with E-state index >= 15 is 0 Å². The largest absolute Gasteiger partial charge is 0.326 e. The molecule has 3 nitrogen and oxygen atoms in total. The summed E-state index contributed by atoms with van der Waals surface area (Å²) in [5, 5.41) is 0. The lowest BCUT2D eigenvalue weighted by atomic mass is 10.2. The molecule has 14 heavy (non-hydrogen) atoms. The molecule has 1 aliphatic heterocycles. The minimum atomic E-state index is -0.213. The van der Waals surface area contributed by atoms with Crippen LogP contribution in [0, 0.1) is 5.82 Å². The van der Waals surface area contributed by atoms with Crippen molar-refractivity contribution in [1.82, 2.24) is 9.55 Å². The van der Waals surface area contributed by atoms with E-state index < -0.39 is 0 Å². The van der Waals surface area contributed by atoms with Crippen molar-refractivity contribution in [2.45, 2.75) is 19.0 Å². The molecule has 1 aliphatic rings. The van der Waals surface area contributed by atoms with E-state index in [0.717, 1.165) is 17.8 Å². The Balaban J connectivity index is 2.35. The van der Waals surface area contributed by atoms with Crippen LogP contribution in [-0.4, -0.2) is 15.6 Å². The van der Waals surface area contributed by atoms with Crippen molar-refractivity contribution in [2.24, 2.45) is 5.73 Å². The fourth-order valence-electron chi connectivity index (χ4n) is 2.08. The third-order valence-corrected chi connectivity index (χ3v) is 2.66. The standard InChI is InChI=1S/C10H10FN3/c11-7-2-1-3-8-10(7)14-5-6(12)4-9(14)13-8/h1-3,6H,4-5,12H2. The van der Waals surface area contributed by atoms with Crippen LogP contribution in [0.5, 0.6) is 0 Å². The molecule has 0 radical (unpaired) electrons. The highest BCUT2D eigenvalue weighted by Crippen LogP contribution is 2.24. The Morgan fingerprint density at radius 1 is 1.50 bits per heavy atom. The van der Waals surface area contributed by atoms with Crippen molar-refractivity contribution in [1.29, 1.82) is 0 Å². The Morgan fingerprint density at radius 2 is 2.36 bits per heavy atom. The van der Waals surface area contributed by atoms with Crippen molar-refractivity contribution < 1.29 is 4.39 Å². The summed E-state index contributed by atoms with van der Waals surface area (Å²) in [4.78, 5) is 4.35. The summed E-state index contributed by atoms with van der Waals surface area (Å²) in [6.07, 6.45) is 0.744. The SMILES string of the molecule is NC1Cc2nc3cccc(F)c3n2C1. The van der Waals surface area contributed by atoms with Crippen LogP contribution in [0.4, 0.5) is 4.39 Å². The van der Waals surface area contributed by atoms with Gasteiger partial charge in [-0.1, -0.05) is 6.07 Å². The molecule has 1 unspecified atom stereocenters.